The molecule has 2 atom stereocenters. The summed E-state index contributed by atoms with van der Waals surface area (Å²) in [6, 6.07) is 10.8. The van der Waals surface area contributed by atoms with Crippen LogP contribution >= 0.6 is 23.2 Å². The fourth-order valence-electron chi connectivity index (χ4n) is 3.92. The molecule has 0 aromatic heterocycles. The van der Waals surface area contributed by atoms with Gasteiger partial charge in [-0.25, -0.2) is 4.79 Å². The van der Waals surface area contributed by atoms with Gasteiger partial charge in [0.2, 0.25) is 5.91 Å². The molecule has 1 saturated heterocycles. The summed E-state index contributed by atoms with van der Waals surface area (Å²) in [7, 11) is 0. The summed E-state index contributed by atoms with van der Waals surface area (Å²) in [6.07, 6.45) is 0. The number of hydrogen-bond acceptors (Lipinski definition) is 3. The molecule has 7 nitrogen and oxygen atoms in total. The fraction of sp³-hybridized carbons (Fsp3) is 0.400. The van der Waals surface area contributed by atoms with Crippen LogP contribution in [0.1, 0.15) is 36.7 Å². The summed E-state index contributed by atoms with van der Waals surface area (Å²) >= 11 is 12.0. The van der Waals surface area contributed by atoms with Crippen molar-refractivity contribution in [1.29, 1.82) is 0 Å². The smallest absolute Gasteiger partial charge is 0.319 e. The number of piperazine rings is 1. The van der Waals surface area contributed by atoms with Crippen molar-refractivity contribution >= 4 is 46.7 Å². The molecule has 2 aromatic carbocycles. The van der Waals surface area contributed by atoms with Gasteiger partial charge in [0.05, 0.1) is 10.7 Å². The van der Waals surface area contributed by atoms with Gasteiger partial charge in [0, 0.05) is 36.3 Å². The van der Waals surface area contributed by atoms with E-state index < -0.39 is 12.1 Å². The lowest BCUT2D eigenvalue weighted by Gasteiger charge is -2.41. The number of nitrogens with zero attached hydrogens (tertiary/aromatic N) is 2. The minimum Gasteiger partial charge on any atom is -0.337 e. The maximum absolute atomic E-state index is 13.3. The first kappa shape index (κ1) is 25.8. The van der Waals surface area contributed by atoms with E-state index in [4.69, 9.17) is 23.2 Å². The Kier molecular flexibility index (Phi) is 8.44. The number of anilines is 1. The predicted octanol–water partition coefficient (Wildman–Crippen LogP) is 4.82. The highest BCUT2D eigenvalue weighted by atomic mass is 35.5. The standard InChI is InChI=1S/C25H30Cl2N4O3/c1-15(2)22(29-25(34)28-21-10-9-19(26)13-20(21)27)24(33)30-11-12-31(17(4)14-30)23(32)18-7-5-16(3)6-8-18/h5-10,13,15,17,22H,11-12,14H2,1-4H3,(H2,28,29,34). The Morgan fingerprint density at radius 1 is 1.03 bits per heavy atom. The Morgan fingerprint density at radius 2 is 1.71 bits per heavy atom. The molecule has 1 aliphatic rings. The molecule has 0 spiro atoms. The highest BCUT2D eigenvalue weighted by Gasteiger charge is 2.35. The zero-order valence-corrected chi connectivity index (χ0v) is 21.3. The van der Waals surface area contributed by atoms with E-state index in [-0.39, 0.29) is 23.8 Å². The van der Waals surface area contributed by atoms with E-state index in [0.717, 1.165) is 5.56 Å². The molecule has 2 N–H and O–H groups in total. The number of benzene rings is 2. The van der Waals surface area contributed by atoms with Gasteiger partial charge in [0.15, 0.2) is 0 Å². The molecule has 2 unspecified atom stereocenters. The maximum Gasteiger partial charge on any atom is 0.319 e. The van der Waals surface area contributed by atoms with Crippen LogP contribution in [0.15, 0.2) is 42.5 Å². The molecule has 9 heteroatoms. The van der Waals surface area contributed by atoms with E-state index in [9.17, 15) is 14.4 Å². The molecule has 1 fully saturated rings. The van der Waals surface area contributed by atoms with Crippen LogP contribution in [-0.4, -0.2) is 59.4 Å². The van der Waals surface area contributed by atoms with Crippen LogP contribution in [0.5, 0.6) is 0 Å². The average molecular weight is 505 g/mol. The third kappa shape index (κ3) is 6.21. The second-order valence-electron chi connectivity index (χ2n) is 8.94. The zero-order chi connectivity index (χ0) is 25.0. The third-order valence-corrected chi connectivity index (χ3v) is 6.44. The molecule has 2 aromatic rings. The number of carbonyl (C=O) groups excluding carboxylic acids is 3. The Labute approximate surface area is 210 Å². The highest BCUT2D eigenvalue weighted by molar-refractivity contribution is 6.36. The van der Waals surface area contributed by atoms with Crippen molar-refractivity contribution in [3.63, 3.8) is 0 Å². The second-order valence-corrected chi connectivity index (χ2v) is 9.79. The van der Waals surface area contributed by atoms with Crippen LogP contribution in [0.3, 0.4) is 0 Å². The first-order chi connectivity index (χ1) is 16.1. The summed E-state index contributed by atoms with van der Waals surface area (Å²) in [4.78, 5) is 42.4. The molecule has 3 rings (SSSR count). The second kappa shape index (κ2) is 11.1. The summed E-state index contributed by atoms with van der Waals surface area (Å²) in [6.45, 7) is 8.88. The molecule has 4 amide bonds. The molecule has 34 heavy (non-hydrogen) atoms. The van der Waals surface area contributed by atoms with Crippen LogP contribution in [-0.2, 0) is 4.79 Å². The van der Waals surface area contributed by atoms with Crippen LogP contribution in [0.4, 0.5) is 10.5 Å². The topological polar surface area (TPSA) is 81.8 Å². The predicted molar refractivity (Wildman–Crippen MR) is 135 cm³/mol. The van der Waals surface area contributed by atoms with Gasteiger partial charge in [-0.15, -0.1) is 0 Å². The van der Waals surface area contributed by atoms with Crippen molar-refractivity contribution in [1.82, 2.24) is 15.1 Å². The first-order valence-electron chi connectivity index (χ1n) is 11.3. The molecular weight excluding hydrogens is 475 g/mol. The van der Waals surface area contributed by atoms with Gasteiger partial charge < -0.3 is 20.4 Å². The Bertz CT molecular complexity index is 1060. The molecule has 0 aliphatic carbocycles. The fourth-order valence-corrected chi connectivity index (χ4v) is 4.38. The molecule has 1 aliphatic heterocycles. The molecule has 1 heterocycles. The molecule has 0 bridgehead atoms. The number of nitrogens with one attached hydrogen (secondary N) is 2. The van der Waals surface area contributed by atoms with Crippen LogP contribution in [0.2, 0.25) is 10.0 Å². The van der Waals surface area contributed by atoms with Gasteiger partial charge in [0.25, 0.3) is 5.91 Å². The van der Waals surface area contributed by atoms with Crippen molar-refractivity contribution in [2.24, 2.45) is 5.92 Å². The Hall–Kier alpha value is -2.77. The monoisotopic (exact) mass is 504 g/mol. The van der Waals surface area contributed by atoms with Crippen LogP contribution in [0, 0.1) is 12.8 Å². The van der Waals surface area contributed by atoms with E-state index in [1.54, 1.807) is 21.9 Å². The minimum atomic E-state index is -0.724. The van der Waals surface area contributed by atoms with Gasteiger partial charge in [-0.05, 0) is 50.1 Å². The molecule has 182 valence electrons. The van der Waals surface area contributed by atoms with E-state index in [1.165, 1.54) is 6.07 Å². The SMILES string of the molecule is Cc1ccc(C(=O)N2CCN(C(=O)C(NC(=O)Nc3ccc(Cl)cc3Cl)C(C)C)CC2C)cc1. The van der Waals surface area contributed by atoms with Crippen LogP contribution in [0.25, 0.3) is 0 Å². The molecule has 0 radical (unpaired) electrons. The van der Waals surface area contributed by atoms with Gasteiger partial charge >= 0.3 is 6.03 Å². The van der Waals surface area contributed by atoms with Gasteiger partial charge in [-0.2, -0.15) is 0 Å². The van der Waals surface area contributed by atoms with E-state index in [1.807, 2.05) is 52.0 Å². The summed E-state index contributed by atoms with van der Waals surface area (Å²) in [5.41, 5.74) is 2.13. The molecule has 0 saturated carbocycles. The minimum absolute atomic E-state index is 0.0441. The van der Waals surface area contributed by atoms with Gasteiger partial charge in [-0.1, -0.05) is 54.7 Å². The number of urea groups is 1. The summed E-state index contributed by atoms with van der Waals surface area (Å²) < 4.78 is 0. The number of hydrogen-bond donors (Lipinski definition) is 2. The summed E-state index contributed by atoms with van der Waals surface area (Å²) in [5.74, 6) is -0.361. The Morgan fingerprint density at radius 3 is 2.29 bits per heavy atom. The number of carbonyl (C=O) groups is 3. The van der Waals surface area contributed by atoms with Crippen LogP contribution < -0.4 is 10.6 Å². The summed E-state index contributed by atoms with van der Waals surface area (Å²) in [5, 5.41) is 6.20. The lowest BCUT2D eigenvalue weighted by molar-refractivity contribution is -0.136. The quantitative estimate of drug-likeness (QED) is 0.612. The van der Waals surface area contributed by atoms with Gasteiger partial charge in [-0.3, -0.25) is 9.59 Å². The van der Waals surface area contributed by atoms with Crippen molar-refractivity contribution < 1.29 is 14.4 Å². The lowest BCUT2D eigenvalue weighted by Crippen LogP contribution is -2.60. The van der Waals surface area contributed by atoms with E-state index >= 15 is 0 Å². The number of aryl methyl sites for hydroxylation is 1. The van der Waals surface area contributed by atoms with Crippen molar-refractivity contribution in [3.8, 4) is 0 Å². The maximum atomic E-state index is 13.3. The van der Waals surface area contributed by atoms with Crippen molar-refractivity contribution in [2.45, 2.75) is 39.8 Å². The van der Waals surface area contributed by atoms with Gasteiger partial charge in [0.1, 0.15) is 6.04 Å². The number of halogens is 2. The van der Waals surface area contributed by atoms with E-state index in [2.05, 4.69) is 10.6 Å². The van der Waals surface area contributed by atoms with Crippen molar-refractivity contribution in [2.75, 3.05) is 25.0 Å². The molecular formula is C25H30Cl2N4O3. The highest BCUT2D eigenvalue weighted by Crippen LogP contribution is 2.25. The average Bonchev–Trinajstić information content (AvgIpc) is 2.78. The lowest BCUT2D eigenvalue weighted by atomic mass is 10.0. The van der Waals surface area contributed by atoms with Crippen molar-refractivity contribution in [3.05, 3.63) is 63.6 Å². The Balaban J connectivity index is 1.63. The normalized spacial score (nSPS) is 16.9. The largest absolute Gasteiger partial charge is 0.337 e. The number of amides is 4. The van der Waals surface area contributed by atoms with E-state index in [0.29, 0.717) is 40.9 Å². The first-order valence-corrected chi connectivity index (χ1v) is 12.0. The third-order valence-electron chi connectivity index (χ3n) is 5.90. The zero-order valence-electron chi connectivity index (χ0n) is 19.8. The number of rotatable bonds is 5.